The second-order valence-electron chi connectivity index (χ2n) is 6.76. The van der Waals surface area contributed by atoms with Gasteiger partial charge in [0.05, 0.1) is 35.4 Å². The van der Waals surface area contributed by atoms with Crippen LogP contribution < -0.4 is 14.2 Å². The molecule has 0 fully saturated rings. The summed E-state index contributed by atoms with van der Waals surface area (Å²) in [6, 6.07) is 18.4. The summed E-state index contributed by atoms with van der Waals surface area (Å²) in [7, 11) is -2.55. The number of carbonyl (C=O) groups excluding carboxylic acids is 2. The number of ketones is 1. The summed E-state index contributed by atoms with van der Waals surface area (Å²) in [5.41, 5.74) is 0.276. The van der Waals surface area contributed by atoms with Crippen LogP contribution in [-0.2, 0) is 14.8 Å². The van der Waals surface area contributed by atoms with E-state index in [2.05, 4.69) is 4.72 Å². The molecule has 0 unspecified atom stereocenters. The number of nitrogens with one attached hydrogen (secondary N) is 1. The molecule has 0 aliphatic carbocycles. The number of rotatable bonds is 10. The van der Waals surface area contributed by atoms with Crippen LogP contribution in [-0.4, -0.2) is 40.5 Å². The third kappa shape index (κ3) is 5.89. The minimum Gasteiger partial charge on any atom is -0.496 e. The monoisotopic (exact) mass is 469 g/mol. The number of para-hydroxylation sites is 2. The fourth-order valence-electron chi connectivity index (χ4n) is 3.00. The van der Waals surface area contributed by atoms with Crippen LogP contribution in [0.1, 0.15) is 27.6 Å². The van der Waals surface area contributed by atoms with E-state index in [9.17, 15) is 18.0 Å². The molecule has 0 spiro atoms. The third-order valence-corrected chi connectivity index (χ3v) is 5.96. The van der Waals surface area contributed by atoms with E-state index >= 15 is 0 Å². The predicted octanol–water partition coefficient (Wildman–Crippen LogP) is 3.93. The largest absolute Gasteiger partial charge is 0.496 e. The van der Waals surface area contributed by atoms with Crippen LogP contribution in [0.5, 0.6) is 11.5 Å². The van der Waals surface area contributed by atoms with Gasteiger partial charge in [0.2, 0.25) is 5.78 Å². The molecule has 33 heavy (non-hydrogen) atoms. The first-order chi connectivity index (χ1) is 15.9. The molecule has 0 atom stereocenters. The minimum atomic E-state index is -3.98. The highest BCUT2D eigenvalue weighted by Gasteiger charge is 2.21. The first-order valence-electron chi connectivity index (χ1n) is 10.0. The SMILES string of the molecule is CCOc1ccc(S(=O)(=O)Nc2ccccc2C(=O)OCC(=O)c2ccccc2OC)cc1. The topological polar surface area (TPSA) is 108 Å². The number of hydrogen-bond donors (Lipinski definition) is 1. The molecule has 3 aromatic rings. The summed E-state index contributed by atoms with van der Waals surface area (Å²) in [5.74, 6) is -0.390. The molecule has 3 aromatic carbocycles. The molecule has 172 valence electrons. The molecule has 8 nitrogen and oxygen atoms in total. The van der Waals surface area contributed by atoms with Gasteiger partial charge in [0.25, 0.3) is 10.0 Å². The van der Waals surface area contributed by atoms with Crippen LogP contribution in [0.3, 0.4) is 0 Å². The zero-order valence-electron chi connectivity index (χ0n) is 18.1. The molecule has 0 saturated carbocycles. The number of methoxy groups -OCH3 is 1. The summed E-state index contributed by atoms with van der Waals surface area (Å²) in [4.78, 5) is 25.1. The summed E-state index contributed by atoms with van der Waals surface area (Å²) in [5, 5.41) is 0. The van der Waals surface area contributed by atoms with E-state index in [-0.39, 0.29) is 21.7 Å². The molecule has 0 saturated heterocycles. The summed E-state index contributed by atoms with van der Waals surface area (Å²) in [6.45, 7) is 1.75. The van der Waals surface area contributed by atoms with Crippen LogP contribution in [0.2, 0.25) is 0 Å². The van der Waals surface area contributed by atoms with Crippen molar-refractivity contribution >= 4 is 27.5 Å². The van der Waals surface area contributed by atoms with Crippen molar-refractivity contribution in [1.82, 2.24) is 0 Å². The summed E-state index contributed by atoms with van der Waals surface area (Å²) < 4.78 is 43.6. The average Bonchev–Trinajstić information content (AvgIpc) is 2.83. The molecule has 0 radical (unpaired) electrons. The van der Waals surface area contributed by atoms with E-state index in [4.69, 9.17) is 14.2 Å². The Kier molecular flexibility index (Phi) is 7.68. The lowest BCUT2D eigenvalue weighted by Crippen LogP contribution is -2.18. The molecule has 0 heterocycles. The highest BCUT2D eigenvalue weighted by Crippen LogP contribution is 2.23. The van der Waals surface area contributed by atoms with Crippen molar-refractivity contribution in [3.8, 4) is 11.5 Å². The Balaban J connectivity index is 1.74. The van der Waals surface area contributed by atoms with Gasteiger partial charge in [-0.3, -0.25) is 9.52 Å². The number of carbonyl (C=O) groups is 2. The number of esters is 1. The van der Waals surface area contributed by atoms with Crippen LogP contribution in [0.25, 0.3) is 0 Å². The van der Waals surface area contributed by atoms with Gasteiger partial charge >= 0.3 is 5.97 Å². The highest BCUT2D eigenvalue weighted by molar-refractivity contribution is 7.92. The van der Waals surface area contributed by atoms with Crippen LogP contribution in [0.4, 0.5) is 5.69 Å². The number of benzene rings is 3. The van der Waals surface area contributed by atoms with E-state index in [1.165, 1.54) is 31.4 Å². The second-order valence-corrected chi connectivity index (χ2v) is 8.44. The molecule has 3 rings (SSSR count). The van der Waals surface area contributed by atoms with Gasteiger partial charge < -0.3 is 14.2 Å². The van der Waals surface area contributed by atoms with Gasteiger partial charge in [0, 0.05) is 0 Å². The van der Waals surface area contributed by atoms with Crippen molar-refractivity contribution in [3.63, 3.8) is 0 Å². The Bertz CT molecular complexity index is 1240. The number of Topliss-reactive ketones (excluding diaryl/α,β-unsaturated/α-hetero) is 1. The number of hydrogen-bond acceptors (Lipinski definition) is 7. The predicted molar refractivity (Wildman–Crippen MR) is 122 cm³/mol. The maximum absolute atomic E-state index is 12.8. The molecular formula is C24H23NO7S. The van der Waals surface area contributed by atoms with Gasteiger partial charge in [-0.2, -0.15) is 0 Å². The maximum atomic E-state index is 12.8. The highest BCUT2D eigenvalue weighted by atomic mass is 32.2. The quantitative estimate of drug-likeness (QED) is 0.354. The van der Waals surface area contributed by atoms with E-state index < -0.39 is 28.4 Å². The van der Waals surface area contributed by atoms with Crippen LogP contribution >= 0.6 is 0 Å². The van der Waals surface area contributed by atoms with E-state index in [1.807, 2.05) is 6.92 Å². The number of anilines is 1. The normalized spacial score (nSPS) is 10.8. The van der Waals surface area contributed by atoms with Crippen molar-refractivity contribution < 1.29 is 32.2 Å². The Labute approximate surface area is 192 Å². The summed E-state index contributed by atoms with van der Waals surface area (Å²) in [6.07, 6.45) is 0. The third-order valence-electron chi connectivity index (χ3n) is 4.58. The van der Waals surface area contributed by atoms with Crippen molar-refractivity contribution in [2.45, 2.75) is 11.8 Å². The van der Waals surface area contributed by atoms with Crippen molar-refractivity contribution in [2.24, 2.45) is 0 Å². The Hall–Kier alpha value is -3.85. The lowest BCUT2D eigenvalue weighted by Gasteiger charge is -2.13. The minimum absolute atomic E-state index is 0.000439. The first kappa shape index (κ1) is 23.8. The van der Waals surface area contributed by atoms with Gasteiger partial charge in [0.15, 0.2) is 6.61 Å². The molecule has 0 aromatic heterocycles. The first-order valence-corrected chi connectivity index (χ1v) is 11.5. The van der Waals surface area contributed by atoms with Crippen LogP contribution in [0, 0.1) is 0 Å². The van der Waals surface area contributed by atoms with E-state index in [0.717, 1.165) is 0 Å². The molecule has 0 amide bonds. The smallest absolute Gasteiger partial charge is 0.340 e. The maximum Gasteiger partial charge on any atom is 0.340 e. The Morgan fingerprint density at radius 3 is 2.18 bits per heavy atom. The van der Waals surface area contributed by atoms with Gasteiger partial charge in [-0.1, -0.05) is 24.3 Å². The van der Waals surface area contributed by atoms with Crippen molar-refractivity contribution in [3.05, 3.63) is 83.9 Å². The van der Waals surface area contributed by atoms with Gasteiger partial charge in [-0.05, 0) is 55.5 Å². The van der Waals surface area contributed by atoms with E-state index in [1.54, 1.807) is 48.5 Å². The number of sulfonamides is 1. The Morgan fingerprint density at radius 1 is 0.879 bits per heavy atom. The standard InChI is InChI=1S/C24H23NO7S/c1-3-31-17-12-14-18(15-13-17)33(28,29)25-21-10-6-4-8-19(21)24(27)32-16-22(26)20-9-5-7-11-23(20)30-2/h4-15,25H,3,16H2,1-2H3. The molecule has 0 bridgehead atoms. The van der Waals surface area contributed by atoms with Gasteiger partial charge in [-0.15, -0.1) is 0 Å². The van der Waals surface area contributed by atoms with Crippen molar-refractivity contribution in [1.29, 1.82) is 0 Å². The van der Waals surface area contributed by atoms with Gasteiger partial charge in [0.1, 0.15) is 11.5 Å². The molecular weight excluding hydrogens is 446 g/mol. The lowest BCUT2D eigenvalue weighted by atomic mass is 10.1. The summed E-state index contributed by atoms with van der Waals surface area (Å²) >= 11 is 0. The van der Waals surface area contributed by atoms with E-state index in [0.29, 0.717) is 18.1 Å². The average molecular weight is 470 g/mol. The zero-order valence-corrected chi connectivity index (χ0v) is 18.9. The lowest BCUT2D eigenvalue weighted by molar-refractivity contribution is 0.0475. The Morgan fingerprint density at radius 2 is 1.52 bits per heavy atom. The molecule has 0 aliphatic heterocycles. The van der Waals surface area contributed by atoms with Crippen LogP contribution in [0.15, 0.2) is 77.7 Å². The number of ether oxygens (including phenoxy) is 3. The molecule has 1 N–H and O–H groups in total. The van der Waals surface area contributed by atoms with Gasteiger partial charge in [-0.25, -0.2) is 13.2 Å². The van der Waals surface area contributed by atoms with Crippen molar-refractivity contribution in [2.75, 3.05) is 25.0 Å². The zero-order chi connectivity index (χ0) is 23.8. The molecule has 0 aliphatic rings. The fraction of sp³-hybridized carbons (Fsp3) is 0.167. The molecule has 9 heteroatoms. The second kappa shape index (κ2) is 10.6. The fourth-order valence-corrected chi connectivity index (χ4v) is 4.08.